The highest BCUT2D eigenvalue weighted by molar-refractivity contribution is 6.42. The van der Waals surface area contributed by atoms with Gasteiger partial charge in [-0.2, -0.15) is 0 Å². The number of halogens is 2. The topological polar surface area (TPSA) is 86.2 Å². The largest absolute Gasteiger partial charge is 0.460 e. The van der Waals surface area contributed by atoms with Crippen molar-refractivity contribution in [1.82, 2.24) is 4.98 Å². The zero-order valence-corrected chi connectivity index (χ0v) is 12.6. The Morgan fingerprint density at radius 1 is 1.33 bits per heavy atom. The van der Waals surface area contributed by atoms with E-state index in [-0.39, 0.29) is 19.0 Å². The number of benzene rings is 1. The molecule has 1 aromatic carbocycles. The van der Waals surface area contributed by atoms with Gasteiger partial charge in [-0.05, 0) is 13.0 Å². The Kier molecular flexibility index (Phi) is 4.59. The van der Waals surface area contributed by atoms with E-state index in [1.165, 1.54) is 10.8 Å². The minimum absolute atomic E-state index is 0.128. The molecular weight excluding hydrogens is 317 g/mol. The van der Waals surface area contributed by atoms with E-state index in [1.54, 1.807) is 19.1 Å². The van der Waals surface area contributed by atoms with Gasteiger partial charge in [0.2, 0.25) is 0 Å². The molecule has 2 N–H and O–H groups in total. The molecule has 0 atom stereocenters. The number of nitrogens with zero attached hydrogens (tertiary/aromatic N) is 2. The number of ether oxygens (including phenoxy) is 1. The summed E-state index contributed by atoms with van der Waals surface area (Å²) < 4.78 is 6.10. The Morgan fingerprint density at radius 3 is 2.67 bits per heavy atom. The van der Waals surface area contributed by atoms with Crippen LogP contribution in [0.1, 0.15) is 6.92 Å². The van der Waals surface area contributed by atoms with E-state index in [4.69, 9.17) is 28.9 Å². The third kappa shape index (κ3) is 3.22. The minimum Gasteiger partial charge on any atom is -0.460 e. The van der Waals surface area contributed by atoms with Gasteiger partial charge in [-0.3, -0.25) is 10.5 Å². The van der Waals surface area contributed by atoms with E-state index >= 15 is 0 Å². The molecule has 0 saturated carbocycles. The predicted molar refractivity (Wildman–Crippen MR) is 78.0 cm³/mol. The Bertz CT molecular complexity index is 734. The lowest BCUT2D eigenvalue weighted by Crippen LogP contribution is -2.44. The SMILES string of the molecule is CCOC(=O)C(=O)C[n+]1c(N)cnc2cc(Cl)c(Cl)cc21. The van der Waals surface area contributed by atoms with Crippen LogP contribution in [0.5, 0.6) is 0 Å². The molecule has 2 rings (SSSR count). The highest BCUT2D eigenvalue weighted by Gasteiger charge is 2.22. The molecule has 0 saturated heterocycles. The van der Waals surface area contributed by atoms with E-state index in [0.29, 0.717) is 21.1 Å². The van der Waals surface area contributed by atoms with Crippen LogP contribution in [0.25, 0.3) is 11.0 Å². The molecule has 8 heteroatoms. The van der Waals surface area contributed by atoms with E-state index in [2.05, 4.69) is 9.72 Å². The standard InChI is InChI=1S/C13H11Cl2N3O3/c1-2-21-13(20)11(19)6-18-10-4-8(15)7(14)3-9(10)17-5-12(18)16/h3-5,16H,2,6H2,1H3/p+1. The molecule has 0 unspecified atom stereocenters. The number of rotatable bonds is 4. The maximum Gasteiger partial charge on any atom is 0.378 e. The fourth-order valence-corrected chi connectivity index (χ4v) is 2.10. The molecule has 0 amide bonds. The lowest BCUT2D eigenvalue weighted by atomic mass is 10.2. The third-order valence-corrected chi connectivity index (χ3v) is 3.48. The van der Waals surface area contributed by atoms with Crippen LogP contribution in [-0.4, -0.2) is 23.3 Å². The quantitative estimate of drug-likeness (QED) is 0.522. The highest BCUT2D eigenvalue weighted by atomic mass is 35.5. The van der Waals surface area contributed by atoms with Gasteiger partial charge in [0, 0.05) is 6.07 Å². The summed E-state index contributed by atoms with van der Waals surface area (Å²) in [5.41, 5.74) is 6.83. The lowest BCUT2D eigenvalue weighted by Gasteiger charge is -2.07. The van der Waals surface area contributed by atoms with Crippen LogP contribution < -0.4 is 10.3 Å². The second kappa shape index (κ2) is 6.24. The second-order valence-electron chi connectivity index (χ2n) is 4.17. The number of hydrogen-bond acceptors (Lipinski definition) is 5. The number of nitrogen functional groups attached to an aromatic ring is 1. The van der Waals surface area contributed by atoms with Gasteiger partial charge in [0.25, 0.3) is 11.6 Å². The zero-order valence-electron chi connectivity index (χ0n) is 11.1. The second-order valence-corrected chi connectivity index (χ2v) is 4.98. The van der Waals surface area contributed by atoms with Crippen molar-refractivity contribution in [3.63, 3.8) is 0 Å². The third-order valence-electron chi connectivity index (χ3n) is 2.76. The van der Waals surface area contributed by atoms with Crippen LogP contribution in [0, 0.1) is 0 Å². The summed E-state index contributed by atoms with van der Waals surface area (Å²) in [7, 11) is 0. The first kappa shape index (κ1) is 15.5. The van der Waals surface area contributed by atoms with Crippen molar-refractivity contribution in [1.29, 1.82) is 0 Å². The number of nitrogens with two attached hydrogens (primary N) is 1. The van der Waals surface area contributed by atoms with Gasteiger partial charge in [-0.25, -0.2) is 14.3 Å². The Labute approximate surface area is 130 Å². The summed E-state index contributed by atoms with van der Waals surface area (Å²) in [6, 6.07) is 3.10. The number of fused-ring (bicyclic) bond motifs is 1. The Balaban J connectivity index is 2.47. The summed E-state index contributed by atoms with van der Waals surface area (Å²) in [5.74, 6) is -1.40. The Hall–Kier alpha value is -1.92. The molecule has 21 heavy (non-hydrogen) atoms. The number of carbonyl (C=O) groups excluding carboxylic acids is 2. The van der Waals surface area contributed by atoms with Crippen molar-refractivity contribution >= 4 is 51.8 Å². The van der Waals surface area contributed by atoms with Crippen LogP contribution >= 0.6 is 23.2 Å². The molecule has 1 heterocycles. The maximum absolute atomic E-state index is 11.8. The first-order chi connectivity index (χ1) is 9.93. The molecule has 0 bridgehead atoms. The fourth-order valence-electron chi connectivity index (χ4n) is 1.79. The average Bonchev–Trinajstić information content (AvgIpc) is 2.44. The van der Waals surface area contributed by atoms with Gasteiger partial charge in [0.15, 0.2) is 12.1 Å². The van der Waals surface area contributed by atoms with E-state index in [0.717, 1.165) is 0 Å². The molecule has 0 spiro atoms. The predicted octanol–water partition coefficient (Wildman–Crippen LogP) is 1.54. The highest BCUT2D eigenvalue weighted by Crippen LogP contribution is 2.25. The van der Waals surface area contributed by atoms with Crippen molar-refractivity contribution in [3.8, 4) is 0 Å². The van der Waals surface area contributed by atoms with Crippen molar-refractivity contribution in [2.24, 2.45) is 0 Å². The summed E-state index contributed by atoms with van der Waals surface area (Å²) in [6.07, 6.45) is 1.38. The lowest BCUT2D eigenvalue weighted by molar-refractivity contribution is -0.643. The van der Waals surface area contributed by atoms with E-state index in [9.17, 15) is 9.59 Å². The molecule has 2 aromatic rings. The monoisotopic (exact) mass is 328 g/mol. The number of ketones is 1. The number of aromatic nitrogens is 2. The van der Waals surface area contributed by atoms with Gasteiger partial charge < -0.3 is 4.74 Å². The number of Topliss-reactive ketones (excluding diaryl/α,β-unsaturated/α-hetero) is 1. The number of anilines is 1. The van der Waals surface area contributed by atoms with Crippen LogP contribution in [0.2, 0.25) is 10.0 Å². The molecule has 0 aliphatic rings. The first-order valence-electron chi connectivity index (χ1n) is 6.07. The number of esters is 1. The smallest absolute Gasteiger partial charge is 0.378 e. The average molecular weight is 329 g/mol. The van der Waals surface area contributed by atoms with Crippen LogP contribution in [0.3, 0.4) is 0 Å². The van der Waals surface area contributed by atoms with Crippen LogP contribution in [0.4, 0.5) is 5.82 Å². The van der Waals surface area contributed by atoms with Gasteiger partial charge in [-0.1, -0.05) is 23.2 Å². The molecule has 0 aliphatic carbocycles. The zero-order chi connectivity index (χ0) is 15.6. The fraction of sp³-hybridized carbons (Fsp3) is 0.231. The van der Waals surface area contributed by atoms with Crippen LogP contribution in [0.15, 0.2) is 18.3 Å². The summed E-state index contributed by atoms with van der Waals surface area (Å²) in [4.78, 5) is 27.4. The van der Waals surface area contributed by atoms with Crippen molar-refractivity contribution in [2.45, 2.75) is 13.5 Å². The van der Waals surface area contributed by atoms with Gasteiger partial charge >= 0.3 is 5.97 Å². The number of carbonyl (C=O) groups is 2. The molecule has 0 aliphatic heterocycles. The van der Waals surface area contributed by atoms with Crippen molar-refractivity contribution in [2.75, 3.05) is 12.3 Å². The normalized spacial score (nSPS) is 10.6. The molecule has 0 fully saturated rings. The summed E-state index contributed by atoms with van der Waals surface area (Å²) >= 11 is 11.9. The molecule has 1 aromatic heterocycles. The molecule has 6 nitrogen and oxygen atoms in total. The van der Waals surface area contributed by atoms with Crippen molar-refractivity contribution < 1.29 is 18.9 Å². The maximum atomic E-state index is 11.8. The first-order valence-corrected chi connectivity index (χ1v) is 6.82. The summed E-state index contributed by atoms with van der Waals surface area (Å²) in [6.45, 7) is 1.49. The Morgan fingerprint density at radius 2 is 2.00 bits per heavy atom. The molecular formula is C13H12Cl2N3O3+. The van der Waals surface area contributed by atoms with Crippen molar-refractivity contribution in [3.05, 3.63) is 28.4 Å². The number of hydrogen-bond donors (Lipinski definition) is 1. The van der Waals surface area contributed by atoms with Gasteiger partial charge in [0.1, 0.15) is 11.7 Å². The summed E-state index contributed by atoms with van der Waals surface area (Å²) in [5, 5.41) is 0.638. The van der Waals surface area contributed by atoms with Gasteiger partial charge in [0.05, 0.1) is 16.7 Å². The molecule has 0 radical (unpaired) electrons. The van der Waals surface area contributed by atoms with E-state index in [1.807, 2.05) is 0 Å². The van der Waals surface area contributed by atoms with Crippen LogP contribution in [-0.2, 0) is 20.9 Å². The van der Waals surface area contributed by atoms with Gasteiger partial charge in [-0.15, -0.1) is 0 Å². The molecule has 110 valence electrons. The van der Waals surface area contributed by atoms with E-state index < -0.39 is 11.8 Å². The minimum atomic E-state index is -0.908.